The Balaban J connectivity index is 1.79. The molecule has 2 N–H and O–H groups in total. The molecule has 0 bridgehead atoms. The topological polar surface area (TPSA) is 29.3 Å². The third-order valence-corrected chi connectivity index (χ3v) is 5.11. The lowest BCUT2D eigenvalue weighted by Crippen LogP contribution is -2.44. The van der Waals surface area contributed by atoms with Crippen molar-refractivity contribution in [3.05, 3.63) is 71.8 Å². The zero-order valence-electron chi connectivity index (χ0n) is 13.9. The van der Waals surface area contributed by atoms with Crippen LogP contribution >= 0.6 is 0 Å². The Morgan fingerprint density at radius 1 is 0.826 bits per heavy atom. The second-order valence-electron chi connectivity index (χ2n) is 6.72. The molecule has 0 heterocycles. The van der Waals surface area contributed by atoms with Crippen molar-refractivity contribution in [1.82, 2.24) is 4.90 Å². The van der Waals surface area contributed by atoms with Gasteiger partial charge in [-0.3, -0.25) is 4.90 Å². The van der Waals surface area contributed by atoms with Gasteiger partial charge in [0, 0.05) is 25.7 Å². The van der Waals surface area contributed by atoms with Crippen LogP contribution in [0.15, 0.2) is 60.7 Å². The van der Waals surface area contributed by atoms with E-state index in [0.29, 0.717) is 6.04 Å². The van der Waals surface area contributed by atoms with E-state index in [2.05, 4.69) is 65.6 Å². The summed E-state index contributed by atoms with van der Waals surface area (Å²) in [6.07, 6.45) is 5.40. The Hall–Kier alpha value is -1.64. The molecular weight excluding hydrogens is 280 g/mol. The summed E-state index contributed by atoms with van der Waals surface area (Å²) < 4.78 is 0. The summed E-state index contributed by atoms with van der Waals surface area (Å²) >= 11 is 0. The van der Waals surface area contributed by atoms with Crippen LogP contribution in [0, 0.1) is 5.92 Å². The van der Waals surface area contributed by atoms with Gasteiger partial charge in [-0.15, -0.1) is 0 Å². The molecule has 0 spiro atoms. The van der Waals surface area contributed by atoms with Crippen molar-refractivity contribution >= 4 is 0 Å². The van der Waals surface area contributed by atoms with Gasteiger partial charge in [-0.05, 0) is 29.9 Å². The summed E-state index contributed by atoms with van der Waals surface area (Å²) in [4.78, 5) is 2.60. The summed E-state index contributed by atoms with van der Waals surface area (Å²) in [7, 11) is 0. The summed E-state index contributed by atoms with van der Waals surface area (Å²) in [6, 6.07) is 22.1. The molecule has 1 aliphatic carbocycles. The molecule has 23 heavy (non-hydrogen) atoms. The maximum Gasteiger partial charge on any atom is 0.0253 e. The lowest BCUT2D eigenvalue weighted by Gasteiger charge is -2.35. The summed E-state index contributed by atoms with van der Waals surface area (Å²) in [5, 5.41) is 0. The molecule has 1 fully saturated rings. The van der Waals surface area contributed by atoms with Gasteiger partial charge in [0.2, 0.25) is 0 Å². The van der Waals surface area contributed by atoms with Crippen molar-refractivity contribution < 1.29 is 0 Å². The van der Waals surface area contributed by atoms with Gasteiger partial charge in [0.15, 0.2) is 0 Å². The molecule has 2 nitrogen and oxygen atoms in total. The minimum Gasteiger partial charge on any atom is -0.329 e. The molecule has 0 amide bonds. The van der Waals surface area contributed by atoms with Crippen LogP contribution in [0.3, 0.4) is 0 Å². The Morgan fingerprint density at radius 3 is 1.74 bits per heavy atom. The van der Waals surface area contributed by atoms with E-state index in [4.69, 9.17) is 5.73 Å². The number of nitrogens with zero attached hydrogens (tertiary/aromatic N) is 1. The highest BCUT2D eigenvalue weighted by molar-refractivity contribution is 5.17. The highest BCUT2D eigenvalue weighted by Gasteiger charge is 2.29. The zero-order valence-corrected chi connectivity index (χ0v) is 13.9. The van der Waals surface area contributed by atoms with Gasteiger partial charge in [-0.25, -0.2) is 0 Å². The molecule has 0 radical (unpaired) electrons. The van der Waals surface area contributed by atoms with E-state index < -0.39 is 0 Å². The Morgan fingerprint density at radius 2 is 1.30 bits per heavy atom. The third-order valence-electron chi connectivity index (χ3n) is 5.11. The maximum atomic E-state index is 6.22. The second-order valence-corrected chi connectivity index (χ2v) is 6.72. The van der Waals surface area contributed by atoms with Crippen molar-refractivity contribution in [3.8, 4) is 0 Å². The highest BCUT2D eigenvalue weighted by atomic mass is 15.2. The first kappa shape index (κ1) is 16.2. The van der Waals surface area contributed by atoms with Crippen molar-refractivity contribution in [2.45, 2.75) is 44.8 Å². The number of nitrogens with two attached hydrogens (primary N) is 1. The van der Waals surface area contributed by atoms with Gasteiger partial charge < -0.3 is 5.73 Å². The van der Waals surface area contributed by atoms with E-state index in [9.17, 15) is 0 Å². The van der Waals surface area contributed by atoms with E-state index in [0.717, 1.165) is 25.6 Å². The van der Waals surface area contributed by atoms with Gasteiger partial charge in [-0.2, -0.15) is 0 Å². The summed E-state index contributed by atoms with van der Waals surface area (Å²) in [5.74, 6) is 0.757. The van der Waals surface area contributed by atoms with Gasteiger partial charge in [0.1, 0.15) is 0 Å². The van der Waals surface area contributed by atoms with Gasteiger partial charge in [0.05, 0.1) is 0 Å². The minimum atomic E-state index is 0.484. The number of rotatable bonds is 7. The van der Waals surface area contributed by atoms with E-state index >= 15 is 0 Å². The largest absolute Gasteiger partial charge is 0.329 e. The number of hydrogen-bond donors (Lipinski definition) is 1. The first-order valence-corrected chi connectivity index (χ1v) is 8.89. The molecule has 0 aromatic heterocycles. The Bertz CT molecular complexity index is 519. The van der Waals surface area contributed by atoms with E-state index in [1.165, 1.54) is 36.8 Å². The molecule has 2 aromatic rings. The number of hydrogen-bond acceptors (Lipinski definition) is 2. The quantitative estimate of drug-likeness (QED) is 0.830. The molecule has 2 aromatic carbocycles. The lowest BCUT2D eigenvalue weighted by molar-refractivity contribution is 0.131. The predicted octanol–water partition coefficient (Wildman–Crippen LogP) is 4.21. The Kier molecular flexibility index (Phi) is 5.84. The van der Waals surface area contributed by atoms with E-state index in [-0.39, 0.29) is 0 Å². The molecule has 1 aliphatic rings. The van der Waals surface area contributed by atoms with Gasteiger partial charge in [0.25, 0.3) is 0 Å². The predicted molar refractivity (Wildman–Crippen MR) is 96.9 cm³/mol. The van der Waals surface area contributed by atoms with Crippen LogP contribution in [-0.4, -0.2) is 17.5 Å². The average molecular weight is 308 g/mol. The zero-order chi connectivity index (χ0) is 15.9. The minimum absolute atomic E-state index is 0.484. The number of benzene rings is 2. The normalized spacial score (nSPS) is 16.8. The molecular formula is C21H28N2. The fourth-order valence-corrected chi connectivity index (χ4v) is 3.91. The molecule has 1 atom stereocenters. The van der Waals surface area contributed by atoms with Crippen LogP contribution in [-0.2, 0) is 13.1 Å². The average Bonchev–Trinajstić information content (AvgIpc) is 3.12. The third kappa shape index (κ3) is 4.43. The van der Waals surface area contributed by atoms with E-state index in [1.54, 1.807) is 0 Å². The van der Waals surface area contributed by atoms with Crippen LogP contribution in [0.25, 0.3) is 0 Å². The van der Waals surface area contributed by atoms with Crippen molar-refractivity contribution in [2.75, 3.05) is 6.54 Å². The molecule has 0 saturated heterocycles. The molecule has 1 saturated carbocycles. The van der Waals surface area contributed by atoms with Crippen LogP contribution < -0.4 is 5.73 Å². The Labute approximate surface area is 140 Å². The van der Waals surface area contributed by atoms with Crippen LogP contribution in [0.1, 0.15) is 36.8 Å². The van der Waals surface area contributed by atoms with Crippen molar-refractivity contribution in [3.63, 3.8) is 0 Å². The van der Waals surface area contributed by atoms with Crippen LogP contribution in [0.2, 0.25) is 0 Å². The molecule has 1 unspecified atom stereocenters. The van der Waals surface area contributed by atoms with E-state index in [1.807, 2.05) is 0 Å². The molecule has 0 aliphatic heterocycles. The van der Waals surface area contributed by atoms with Crippen LogP contribution in [0.4, 0.5) is 0 Å². The van der Waals surface area contributed by atoms with Crippen LogP contribution in [0.5, 0.6) is 0 Å². The fourth-order valence-electron chi connectivity index (χ4n) is 3.91. The molecule has 3 rings (SSSR count). The first-order chi connectivity index (χ1) is 11.4. The van der Waals surface area contributed by atoms with Gasteiger partial charge >= 0.3 is 0 Å². The van der Waals surface area contributed by atoms with Gasteiger partial charge in [-0.1, -0.05) is 73.5 Å². The first-order valence-electron chi connectivity index (χ1n) is 8.89. The smallest absolute Gasteiger partial charge is 0.0253 e. The summed E-state index contributed by atoms with van der Waals surface area (Å²) in [5.41, 5.74) is 8.97. The SMILES string of the molecule is NCC(C1CCCC1)N(Cc1ccccc1)Cc1ccccc1. The molecule has 2 heteroatoms. The van der Waals surface area contributed by atoms with Crippen molar-refractivity contribution in [1.29, 1.82) is 0 Å². The van der Waals surface area contributed by atoms with Crippen molar-refractivity contribution in [2.24, 2.45) is 11.7 Å². The molecule has 122 valence electrons. The lowest BCUT2D eigenvalue weighted by atomic mass is 9.95. The second kappa shape index (κ2) is 8.28. The maximum absolute atomic E-state index is 6.22. The monoisotopic (exact) mass is 308 g/mol. The highest BCUT2D eigenvalue weighted by Crippen LogP contribution is 2.31. The summed E-state index contributed by atoms with van der Waals surface area (Å²) in [6.45, 7) is 2.71. The fraction of sp³-hybridized carbons (Fsp3) is 0.429. The standard InChI is InChI=1S/C21H28N2/c22-15-21(20-13-7-8-14-20)23(16-18-9-3-1-4-10-18)17-19-11-5-2-6-12-19/h1-6,9-12,20-21H,7-8,13-17,22H2.